The van der Waals surface area contributed by atoms with Crippen LogP contribution in [0.1, 0.15) is 19.5 Å². The minimum absolute atomic E-state index is 0.0490. The van der Waals surface area contributed by atoms with E-state index in [0.717, 1.165) is 32.0 Å². The molecule has 1 aromatic rings. The highest BCUT2D eigenvalue weighted by Crippen LogP contribution is 2.08. The van der Waals surface area contributed by atoms with Gasteiger partial charge in [-0.3, -0.25) is 10.2 Å². The van der Waals surface area contributed by atoms with E-state index in [1.165, 1.54) is 0 Å². The Morgan fingerprint density at radius 2 is 2.05 bits per heavy atom. The van der Waals surface area contributed by atoms with E-state index >= 15 is 0 Å². The number of aromatic nitrogens is 1. The molecule has 0 bridgehead atoms. The van der Waals surface area contributed by atoms with Gasteiger partial charge in [-0.15, -0.1) is 0 Å². The molecule has 0 radical (unpaired) electrons. The fraction of sp³-hybridized carbons (Fsp3) is 0.600. The normalized spacial score (nSPS) is 18.8. The molecule has 1 aliphatic heterocycles. The Morgan fingerprint density at radius 3 is 2.71 bits per heavy atom. The Kier molecular flexibility index (Phi) is 5.52. The molecule has 1 saturated heterocycles. The topological polar surface area (TPSA) is 66.5 Å². The van der Waals surface area contributed by atoms with Gasteiger partial charge < -0.3 is 10.1 Å². The number of hydrogen-bond acceptors (Lipinski definition) is 4. The smallest absolute Gasteiger partial charge is 0.320 e. The molecular weight excluding hydrogens is 268 g/mol. The molecule has 2 N–H and O–H groups in total. The monoisotopic (exact) mass is 292 g/mol. The van der Waals surface area contributed by atoms with Gasteiger partial charge in [0, 0.05) is 30.9 Å². The third-order valence-corrected chi connectivity index (χ3v) is 3.83. The Bertz CT molecular complexity index is 474. The SMILES string of the molecule is Cc1cccc(NC(=O)N[C@@H](C)[C@H](C)N2CCOCC2)n1. The van der Waals surface area contributed by atoms with Crippen molar-refractivity contribution in [1.29, 1.82) is 0 Å². The lowest BCUT2D eigenvalue weighted by Crippen LogP contribution is -2.52. The van der Waals surface area contributed by atoms with Gasteiger partial charge in [-0.1, -0.05) is 6.07 Å². The summed E-state index contributed by atoms with van der Waals surface area (Å²) in [5.74, 6) is 0.568. The molecule has 6 heteroatoms. The number of urea groups is 1. The quantitative estimate of drug-likeness (QED) is 0.885. The van der Waals surface area contributed by atoms with Gasteiger partial charge in [-0.05, 0) is 32.9 Å². The van der Waals surface area contributed by atoms with E-state index in [9.17, 15) is 4.79 Å². The Hall–Kier alpha value is -1.66. The number of nitrogens with one attached hydrogen (secondary N) is 2. The molecule has 21 heavy (non-hydrogen) atoms. The summed E-state index contributed by atoms with van der Waals surface area (Å²) in [5, 5.41) is 5.74. The number of carbonyl (C=O) groups excluding carboxylic acids is 1. The zero-order valence-corrected chi connectivity index (χ0v) is 12.9. The molecule has 0 spiro atoms. The summed E-state index contributed by atoms with van der Waals surface area (Å²) < 4.78 is 5.35. The van der Waals surface area contributed by atoms with Crippen LogP contribution in [0.4, 0.5) is 10.6 Å². The summed E-state index contributed by atoms with van der Waals surface area (Å²) >= 11 is 0. The predicted octanol–water partition coefficient (Wildman–Crippen LogP) is 1.62. The number of anilines is 1. The lowest BCUT2D eigenvalue weighted by molar-refractivity contribution is 0.0146. The molecule has 6 nitrogen and oxygen atoms in total. The number of ether oxygens (including phenoxy) is 1. The van der Waals surface area contributed by atoms with Crippen molar-refractivity contribution < 1.29 is 9.53 Å². The number of hydrogen-bond donors (Lipinski definition) is 2. The Morgan fingerprint density at radius 1 is 1.33 bits per heavy atom. The van der Waals surface area contributed by atoms with Crippen molar-refractivity contribution in [3.8, 4) is 0 Å². The van der Waals surface area contributed by atoms with Crippen LogP contribution < -0.4 is 10.6 Å². The van der Waals surface area contributed by atoms with E-state index in [4.69, 9.17) is 4.74 Å². The van der Waals surface area contributed by atoms with Crippen molar-refractivity contribution in [2.75, 3.05) is 31.6 Å². The van der Waals surface area contributed by atoms with Gasteiger partial charge in [0.15, 0.2) is 0 Å². The first kappa shape index (κ1) is 15.7. The van der Waals surface area contributed by atoms with Crippen molar-refractivity contribution in [3.63, 3.8) is 0 Å². The second-order valence-corrected chi connectivity index (χ2v) is 5.44. The first-order valence-electron chi connectivity index (χ1n) is 7.39. The van der Waals surface area contributed by atoms with Crippen molar-refractivity contribution in [3.05, 3.63) is 23.9 Å². The van der Waals surface area contributed by atoms with Crippen LogP contribution in [0, 0.1) is 6.92 Å². The van der Waals surface area contributed by atoms with Gasteiger partial charge >= 0.3 is 6.03 Å². The third-order valence-electron chi connectivity index (χ3n) is 3.83. The molecule has 2 rings (SSSR count). The minimum Gasteiger partial charge on any atom is -0.379 e. The summed E-state index contributed by atoms with van der Waals surface area (Å²) in [6.45, 7) is 9.38. The van der Waals surface area contributed by atoms with Gasteiger partial charge in [-0.25, -0.2) is 9.78 Å². The van der Waals surface area contributed by atoms with Gasteiger partial charge in [-0.2, -0.15) is 0 Å². The maximum atomic E-state index is 12.0. The molecule has 0 unspecified atom stereocenters. The third kappa shape index (κ3) is 4.68. The van der Waals surface area contributed by atoms with Crippen molar-refractivity contribution in [2.45, 2.75) is 32.9 Å². The first-order valence-corrected chi connectivity index (χ1v) is 7.39. The molecule has 2 heterocycles. The maximum Gasteiger partial charge on any atom is 0.320 e. The van der Waals surface area contributed by atoms with E-state index in [0.29, 0.717) is 5.82 Å². The molecule has 2 amide bonds. The molecule has 0 saturated carbocycles. The van der Waals surface area contributed by atoms with Crippen LogP contribution in [-0.4, -0.2) is 54.3 Å². The van der Waals surface area contributed by atoms with Crippen LogP contribution in [0.15, 0.2) is 18.2 Å². The number of rotatable bonds is 4. The second kappa shape index (κ2) is 7.38. The Labute approximate surface area is 125 Å². The molecule has 1 aliphatic rings. The molecule has 1 fully saturated rings. The predicted molar refractivity (Wildman–Crippen MR) is 82.4 cm³/mol. The van der Waals surface area contributed by atoms with Crippen LogP contribution >= 0.6 is 0 Å². The zero-order chi connectivity index (χ0) is 15.2. The number of pyridine rings is 1. The Balaban J connectivity index is 1.83. The standard InChI is InChI=1S/C15H24N4O2/c1-11-5-4-6-14(16-11)18-15(20)17-12(2)13(3)19-7-9-21-10-8-19/h4-6,12-13H,7-10H2,1-3H3,(H2,16,17,18,20)/t12-,13-/m0/s1. The highest BCUT2D eigenvalue weighted by molar-refractivity contribution is 5.88. The zero-order valence-electron chi connectivity index (χ0n) is 12.9. The van der Waals surface area contributed by atoms with Gasteiger partial charge in [0.2, 0.25) is 0 Å². The lowest BCUT2D eigenvalue weighted by Gasteiger charge is -2.35. The number of carbonyl (C=O) groups is 1. The van der Waals surface area contributed by atoms with E-state index in [1.807, 2.05) is 26.0 Å². The summed E-state index contributed by atoms with van der Waals surface area (Å²) in [7, 11) is 0. The summed E-state index contributed by atoms with van der Waals surface area (Å²) in [6.07, 6.45) is 0. The minimum atomic E-state index is -0.222. The van der Waals surface area contributed by atoms with E-state index in [-0.39, 0.29) is 18.1 Å². The van der Waals surface area contributed by atoms with Crippen LogP contribution in [0.3, 0.4) is 0 Å². The average Bonchev–Trinajstić information content (AvgIpc) is 2.47. The molecule has 116 valence electrons. The summed E-state index contributed by atoms with van der Waals surface area (Å²) in [5.41, 5.74) is 0.877. The van der Waals surface area contributed by atoms with E-state index in [2.05, 4.69) is 27.4 Å². The molecular formula is C15H24N4O2. The summed E-state index contributed by atoms with van der Waals surface area (Å²) in [6, 6.07) is 5.64. The van der Waals surface area contributed by atoms with Crippen LogP contribution in [-0.2, 0) is 4.74 Å². The second-order valence-electron chi connectivity index (χ2n) is 5.44. The fourth-order valence-corrected chi connectivity index (χ4v) is 2.39. The molecule has 1 aromatic heterocycles. The fourth-order valence-electron chi connectivity index (χ4n) is 2.39. The molecule has 0 aliphatic carbocycles. The van der Waals surface area contributed by atoms with Crippen LogP contribution in [0.25, 0.3) is 0 Å². The van der Waals surface area contributed by atoms with Gasteiger partial charge in [0.05, 0.1) is 13.2 Å². The average molecular weight is 292 g/mol. The highest BCUT2D eigenvalue weighted by atomic mass is 16.5. The van der Waals surface area contributed by atoms with E-state index in [1.54, 1.807) is 6.07 Å². The van der Waals surface area contributed by atoms with Gasteiger partial charge in [0.1, 0.15) is 5.82 Å². The van der Waals surface area contributed by atoms with Crippen LogP contribution in [0.2, 0.25) is 0 Å². The number of morpholine rings is 1. The number of amides is 2. The molecule has 0 aromatic carbocycles. The number of nitrogens with zero attached hydrogens (tertiary/aromatic N) is 2. The summed E-state index contributed by atoms with van der Waals surface area (Å²) in [4.78, 5) is 18.6. The van der Waals surface area contributed by atoms with Crippen molar-refractivity contribution in [2.24, 2.45) is 0 Å². The van der Waals surface area contributed by atoms with Gasteiger partial charge in [0.25, 0.3) is 0 Å². The first-order chi connectivity index (χ1) is 10.1. The largest absolute Gasteiger partial charge is 0.379 e. The van der Waals surface area contributed by atoms with Crippen LogP contribution in [0.5, 0.6) is 0 Å². The lowest BCUT2D eigenvalue weighted by atomic mass is 10.1. The number of aryl methyl sites for hydroxylation is 1. The maximum absolute atomic E-state index is 12.0. The molecule has 2 atom stereocenters. The van der Waals surface area contributed by atoms with Crippen molar-refractivity contribution >= 4 is 11.8 Å². The highest BCUT2D eigenvalue weighted by Gasteiger charge is 2.23. The van der Waals surface area contributed by atoms with E-state index < -0.39 is 0 Å². The van der Waals surface area contributed by atoms with Crippen molar-refractivity contribution in [1.82, 2.24) is 15.2 Å².